The lowest BCUT2D eigenvalue weighted by molar-refractivity contribution is -0.114. The minimum absolute atomic E-state index is 0.0116. The molecule has 3 aromatic carbocycles. The largest absolute Gasteiger partial charge is 0.493 e. The Morgan fingerprint density at radius 2 is 1.74 bits per heavy atom. The first-order chi connectivity index (χ1) is 16.3. The van der Waals surface area contributed by atoms with Gasteiger partial charge >= 0.3 is 0 Å². The van der Waals surface area contributed by atoms with E-state index < -0.39 is 5.91 Å². The number of hydrogen-bond donors (Lipinski definition) is 1. The standard InChI is InChI=1S/C27H25Cl2N3O2/c1-31(2)25-21-8-5-7-19(16-12-17(28)14-18(29)13-16)26(21)32(15-22(25)27(30)33)23-10-11-34-24-9-4-3-6-20(23)24/h3-9,12-14,23H,10-11,15H2,1-2H3,(H2,30,33)/t23-/m0/s1. The zero-order valence-corrected chi connectivity index (χ0v) is 20.5. The third-order valence-corrected chi connectivity index (χ3v) is 6.85. The highest BCUT2D eigenvalue weighted by molar-refractivity contribution is 6.35. The molecule has 2 heterocycles. The Morgan fingerprint density at radius 3 is 2.44 bits per heavy atom. The average molecular weight is 494 g/mol. The third-order valence-electron chi connectivity index (χ3n) is 6.41. The molecule has 0 saturated carbocycles. The van der Waals surface area contributed by atoms with Crippen LogP contribution >= 0.6 is 23.2 Å². The minimum Gasteiger partial charge on any atom is -0.493 e. The van der Waals surface area contributed by atoms with Gasteiger partial charge in [-0.05, 0) is 29.8 Å². The maximum Gasteiger partial charge on any atom is 0.248 e. The van der Waals surface area contributed by atoms with Crippen LogP contribution in [0.4, 0.5) is 5.69 Å². The summed E-state index contributed by atoms with van der Waals surface area (Å²) in [5, 5.41) is 1.14. The van der Waals surface area contributed by atoms with E-state index in [2.05, 4.69) is 17.0 Å². The monoisotopic (exact) mass is 493 g/mol. The molecule has 0 unspecified atom stereocenters. The second-order valence-corrected chi connectivity index (χ2v) is 9.64. The van der Waals surface area contributed by atoms with Crippen LogP contribution in [-0.4, -0.2) is 38.1 Å². The zero-order chi connectivity index (χ0) is 24.0. The summed E-state index contributed by atoms with van der Waals surface area (Å²) in [6.07, 6.45) is 0.782. The normalized spacial score (nSPS) is 17.1. The van der Waals surface area contributed by atoms with Gasteiger partial charge in [-0.3, -0.25) is 4.79 Å². The van der Waals surface area contributed by atoms with Crippen molar-refractivity contribution >= 4 is 40.5 Å². The number of ether oxygens (including phenoxy) is 1. The molecule has 0 bridgehead atoms. The van der Waals surface area contributed by atoms with Crippen LogP contribution in [0.1, 0.15) is 23.6 Å². The maximum atomic E-state index is 12.6. The van der Waals surface area contributed by atoms with E-state index in [-0.39, 0.29) is 6.04 Å². The van der Waals surface area contributed by atoms with Gasteiger partial charge in [0.2, 0.25) is 5.91 Å². The molecule has 3 aromatic rings. The molecule has 0 spiro atoms. The fourth-order valence-corrected chi connectivity index (χ4v) is 5.62. The van der Waals surface area contributed by atoms with E-state index in [0.29, 0.717) is 28.8 Å². The molecule has 0 saturated heterocycles. The molecule has 1 atom stereocenters. The summed E-state index contributed by atoms with van der Waals surface area (Å²) < 4.78 is 5.94. The molecule has 2 aliphatic rings. The highest BCUT2D eigenvalue weighted by Crippen LogP contribution is 2.48. The SMILES string of the molecule is CN(C)C1=C(C(N)=O)CN([C@H]2CCOc3ccccc32)c2c1cccc2-c1cc(Cl)cc(Cl)c1. The van der Waals surface area contributed by atoms with Crippen LogP contribution in [0.15, 0.2) is 66.2 Å². The number of nitrogens with two attached hydrogens (primary N) is 1. The quantitative estimate of drug-likeness (QED) is 0.501. The number of hydrogen-bond acceptors (Lipinski definition) is 4. The van der Waals surface area contributed by atoms with E-state index in [0.717, 1.165) is 45.8 Å². The first-order valence-electron chi connectivity index (χ1n) is 11.1. The van der Waals surface area contributed by atoms with Crippen LogP contribution in [0.5, 0.6) is 5.75 Å². The van der Waals surface area contributed by atoms with Crippen molar-refractivity contribution in [1.82, 2.24) is 4.90 Å². The van der Waals surface area contributed by atoms with Gasteiger partial charge in [-0.1, -0.05) is 59.6 Å². The molecule has 0 aromatic heterocycles. The van der Waals surface area contributed by atoms with Crippen molar-refractivity contribution in [3.63, 3.8) is 0 Å². The number of rotatable bonds is 4. The van der Waals surface area contributed by atoms with Crippen molar-refractivity contribution in [3.8, 4) is 16.9 Å². The predicted octanol–water partition coefficient (Wildman–Crippen LogP) is 5.76. The molecule has 7 heteroatoms. The Hall–Kier alpha value is -3.15. The van der Waals surface area contributed by atoms with Crippen molar-refractivity contribution in [2.75, 3.05) is 32.1 Å². The summed E-state index contributed by atoms with van der Waals surface area (Å²) in [6.45, 7) is 0.981. The van der Waals surface area contributed by atoms with Crippen molar-refractivity contribution in [3.05, 3.63) is 87.4 Å². The summed E-state index contributed by atoms with van der Waals surface area (Å²) in [7, 11) is 3.87. The first-order valence-corrected chi connectivity index (χ1v) is 11.9. The van der Waals surface area contributed by atoms with E-state index in [4.69, 9.17) is 33.7 Å². The molecular weight excluding hydrogens is 469 g/mol. The number of para-hydroxylation sites is 2. The predicted molar refractivity (Wildman–Crippen MR) is 138 cm³/mol. The second-order valence-electron chi connectivity index (χ2n) is 8.76. The maximum absolute atomic E-state index is 12.6. The lowest BCUT2D eigenvalue weighted by Gasteiger charge is -2.43. The topological polar surface area (TPSA) is 58.8 Å². The molecule has 0 fully saturated rings. The second kappa shape index (κ2) is 8.90. The Labute approximate surface area is 209 Å². The Bertz CT molecular complexity index is 1300. The van der Waals surface area contributed by atoms with Crippen molar-refractivity contribution < 1.29 is 9.53 Å². The fourth-order valence-electron chi connectivity index (χ4n) is 5.09. The molecule has 0 radical (unpaired) electrons. The summed E-state index contributed by atoms with van der Waals surface area (Å²) >= 11 is 12.8. The van der Waals surface area contributed by atoms with Crippen molar-refractivity contribution in [2.45, 2.75) is 12.5 Å². The highest BCUT2D eigenvalue weighted by Gasteiger charge is 2.36. The van der Waals surface area contributed by atoms with E-state index in [1.807, 2.05) is 61.5 Å². The lowest BCUT2D eigenvalue weighted by Crippen LogP contribution is -2.41. The summed E-state index contributed by atoms with van der Waals surface area (Å²) in [4.78, 5) is 16.9. The van der Waals surface area contributed by atoms with Gasteiger partial charge in [-0.25, -0.2) is 0 Å². The number of halogens is 2. The minimum atomic E-state index is -0.420. The number of carbonyl (C=O) groups is 1. The van der Waals surface area contributed by atoms with Gasteiger partial charge in [-0.2, -0.15) is 0 Å². The number of anilines is 1. The van der Waals surface area contributed by atoms with E-state index in [9.17, 15) is 4.79 Å². The summed E-state index contributed by atoms with van der Waals surface area (Å²) in [5.74, 6) is 0.447. The van der Waals surface area contributed by atoms with Gasteiger partial charge in [0.1, 0.15) is 5.75 Å². The van der Waals surface area contributed by atoms with Gasteiger partial charge in [-0.15, -0.1) is 0 Å². The number of primary amides is 1. The van der Waals surface area contributed by atoms with Crippen molar-refractivity contribution in [1.29, 1.82) is 0 Å². The smallest absolute Gasteiger partial charge is 0.248 e. The van der Waals surface area contributed by atoms with Gasteiger partial charge in [0, 0.05) is 47.3 Å². The van der Waals surface area contributed by atoms with Gasteiger partial charge < -0.3 is 20.3 Å². The number of fused-ring (bicyclic) bond motifs is 2. The Kier molecular flexibility index (Phi) is 5.92. The fraction of sp³-hybridized carbons (Fsp3) is 0.222. The molecule has 5 nitrogen and oxygen atoms in total. The molecule has 174 valence electrons. The van der Waals surface area contributed by atoms with E-state index in [1.165, 1.54) is 0 Å². The van der Waals surface area contributed by atoms with Crippen LogP contribution in [-0.2, 0) is 4.79 Å². The van der Waals surface area contributed by atoms with Crippen LogP contribution in [0.2, 0.25) is 10.0 Å². The third kappa shape index (κ3) is 3.89. The Morgan fingerprint density at radius 1 is 1.03 bits per heavy atom. The van der Waals surface area contributed by atoms with Crippen LogP contribution in [0.3, 0.4) is 0 Å². The van der Waals surface area contributed by atoms with Gasteiger partial charge in [0.25, 0.3) is 0 Å². The van der Waals surface area contributed by atoms with Crippen molar-refractivity contribution in [2.24, 2.45) is 5.73 Å². The average Bonchev–Trinajstić information content (AvgIpc) is 2.81. The van der Waals surface area contributed by atoms with Crippen LogP contribution < -0.4 is 15.4 Å². The Balaban J connectivity index is 1.79. The molecular formula is C27H25Cl2N3O2. The molecule has 2 N–H and O–H groups in total. The van der Waals surface area contributed by atoms with Gasteiger partial charge in [0.15, 0.2) is 0 Å². The number of amides is 1. The molecule has 34 heavy (non-hydrogen) atoms. The summed E-state index contributed by atoms with van der Waals surface area (Å²) in [6, 6.07) is 19.8. The lowest BCUT2D eigenvalue weighted by atomic mass is 9.88. The van der Waals surface area contributed by atoms with Crippen LogP contribution in [0.25, 0.3) is 16.8 Å². The molecule has 5 rings (SSSR count). The highest BCUT2D eigenvalue weighted by atomic mass is 35.5. The van der Waals surface area contributed by atoms with E-state index in [1.54, 1.807) is 6.07 Å². The number of benzene rings is 3. The zero-order valence-electron chi connectivity index (χ0n) is 19.0. The van der Waals surface area contributed by atoms with Crippen LogP contribution in [0, 0.1) is 0 Å². The number of nitrogens with zero attached hydrogens (tertiary/aromatic N) is 2. The molecule has 1 amide bonds. The first kappa shape index (κ1) is 22.6. The van der Waals surface area contributed by atoms with E-state index >= 15 is 0 Å². The van der Waals surface area contributed by atoms with Gasteiger partial charge in [0.05, 0.1) is 36.2 Å². The molecule has 0 aliphatic carbocycles. The number of carbonyl (C=O) groups excluding carboxylic acids is 1. The summed E-state index contributed by atoms with van der Waals surface area (Å²) in [5.41, 5.74) is 12.3. The molecule has 2 aliphatic heterocycles.